The predicted octanol–water partition coefficient (Wildman–Crippen LogP) is 5.27. The highest BCUT2D eigenvalue weighted by Crippen LogP contribution is 2.34. The molecule has 34 heavy (non-hydrogen) atoms. The molecule has 1 amide bonds. The molecule has 0 spiro atoms. The lowest BCUT2D eigenvalue weighted by atomic mass is 9.97. The lowest BCUT2D eigenvalue weighted by Gasteiger charge is -2.34. The first-order valence-corrected chi connectivity index (χ1v) is 14.5. The van der Waals surface area contributed by atoms with Gasteiger partial charge in [-0.05, 0) is 68.5 Å². The topological polar surface area (TPSA) is 70.6 Å². The molecule has 2 aromatic carbocycles. The Morgan fingerprint density at radius 1 is 1.00 bits per heavy atom. The summed E-state index contributed by atoms with van der Waals surface area (Å²) in [6.45, 7) is 3.99. The number of hydrogen-bond donors (Lipinski definition) is 0. The molecule has 2 aliphatic heterocycles. The Kier molecular flexibility index (Phi) is 6.73. The van der Waals surface area contributed by atoms with Gasteiger partial charge in [-0.15, -0.1) is 11.3 Å². The summed E-state index contributed by atoms with van der Waals surface area (Å²) < 4.78 is 29.3. The number of fused-ring (bicyclic) bond motifs is 1. The van der Waals surface area contributed by atoms with Gasteiger partial charge in [0.15, 0.2) is 0 Å². The van der Waals surface area contributed by atoms with Crippen LogP contribution in [0, 0.1) is 0 Å². The molecule has 8 heteroatoms. The van der Waals surface area contributed by atoms with Crippen LogP contribution in [-0.2, 0) is 10.0 Å². The number of benzene rings is 2. The van der Waals surface area contributed by atoms with E-state index in [4.69, 9.17) is 4.98 Å². The van der Waals surface area contributed by atoms with E-state index in [2.05, 4.69) is 6.07 Å². The monoisotopic (exact) mass is 497 g/mol. The molecule has 5 rings (SSSR count). The molecule has 0 bridgehead atoms. The second-order valence-corrected chi connectivity index (χ2v) is 12.2. The summed E-state index contributed by atoms with van der Waals surface area (Å²) in [5, 5.41) is 1.16. The zero-order chi connectivity index (χ0) is 23.7. The van der Waals surface area contributed by atoms with Crippen molar-refractivity contribution in [1.82, 2.24) is 14.2 Å². The van der Waals surface area contributed by atoms with Gasteiger partial charge in [0.2, 0.25) is 10.0 Å². The van der Waals surface area contributed by atoms with Gasteiger partial charge >= 0.3 is 0 Å². The Labute approximate surface area is 205 Å². The van der Waals surface area contributed by atoms with Crippen LogP contribution in [0.2, 0.25) is 0 Å². The van der Waals surface area contributed by atoms with Crippen molar-refractivity contribution in [3.63, 3.8) is 0 Å². The van der Waals surface area contributed by atoms with Crippen molar-refractivity contribution in [1.29, 1.82) is 0 Å². The molecule has 180 valence electrons. The summed E-state index contributed by atoms with van der Waals surface area (Å²) in [6, 6.07) is 14.8. The second-order valence-electron chi connectivity index (χ2n) is 9.28. The van der Waals surface area contributed by atoms with Gasteiger partial charge in [-0.2, -0.15) is 4.31 Å². The minimum atomic E-state index is -3.54. The van der Waals surface area contributed by atoms with E-state index in [-0.39, 0.29) is 16.8 Å². The van der Waals surface area contributed by atoms with Crippen molar-refractivity contribution >= 4 is 37.5 Å². The molecule has 1 atom stereocenters. The molecule has 0 radical (unpaired) electrons. The number of thiazole rings is 1. The van der Waals surface area contributed by atoms with Gasteiger partial charge < -0.3 is 4.90 Å². The van der Waals surface area contributed by atoms with Crippen LogP contribution in [0.1, 0.15) is 66.7 Å². The number of rotatable bonds is 5. The van der Waals surface area contributed by atoms with E-state index in [9.17, 15) is 13.2 Å². The van der Waals surface area contributed by atoms with Crippen molar-refractivity contribution in [3.05, 3.63) is 59.1 Å². The van der Waals surface area contributed by atoms with Crippen LogP contribution >= 0.6 is 11.3 Å². The molecule has 6 nitrogen and oxygen atoms in total. The van der Waals surface area contributed by atoms with Crippen molar-refractivity contribution in [2.45, 2.75) is 62.3 Å². The van der Waals surface area contributed by atoms with Crippen molar-refractivity contribution in [2.75, 3.05) is 19.6 Å². The van der Waals surface area contributed by atoms with Gasteiger partial charge in [-0.3, -0.25) is 4.79 Å². The third-order valence-electron chi connectivity index (χ3n) is 7.19. The number of carbonyl (C=O) groups is 1. The number of carbonyl (C=O) groups excluding carboxylic acids is 1. The van der Waals surface area contributed by atoms with Gasteiger partial charge in [0, 0.05) is 37.2 Å². The maximum atomic E-state index is 13.2. The maximum Gasteiger partial charge on any atom is 0.253 e. The van der Waals surface area contributed by atoms with Crippen LogP contribution in [-0.4, -0.2) is 54.2 Å². The number of nitrogens with zero attached hydrogens (tertiary/aromatic N) is 3. The third-order valence-corrected chi connectivity index (χ3v) is 10.4. The quantitative estimate of drug-likeness (QED) is 0.482. The maximum absolute atomic E-state index is 13.2. The third kappa shape index (κ3) is 4.51. The van der Waals surface area contributed by atoms with Crippen molar-refractivity contribution in [3.8, 4) is 0 Å². The van der Waals surface area contributed by atoms with E-state index >= 15 is 0 Å². The normalized spacial score (nSPS) is 20.6. The summed E-state index contributed by atoms with van der Waals surface area (Å²) in [7, 11) is -3.54. The summed E-state index contributed by atoms with van der Waals surface area (Å²) >= 11 is 1.75. The Hall–Kier alpha value is -2.29. The molecule has 3 aromatic rings. The molecule has 2 fully saturated rings. The number of aromatic nitrogens is 1. The van der Waals surface area contributed by atoms with E-state index in [0.717, 1.165) is 49.0 Å². The van der Waals surface area contributed by atoms with Gasteiger partial charge in [-0.1, -0.05) is 25.5 Å². The Bertz CT molecular complexity index is 1230. The first-order chi connectivity index (χ1) is 16.5. The zero-order valence-corrected chi connectivity index (χ0v) is 21.2. The standard InChI is InChI=1S/C26H31N3O3S2/c1-2-21-7-5-6-16-29(21)34(31,32)22-12-10-20(11-13-22)26(30)28-17-14-19(15-18-28)25-27-23-8-3-4-9-24(23)33-25/h3-4,8-13,19,21H,2,5-7,14-18H2,1H3. The average molecular weight is 498 g/mol. The van der Waals surface area contributed by atoms with Crippen LogP contribution in [0.25, 0.3) is 10.2 Å². The molecule has 3 heterocycles. The molecule has 2 aliphatic rings. The van der Waals surface area contributed by atoms with E-state index in [1.165, 1.54) is 4.70 Å². The molecular formula is C26H31N3O3S2. The van der Waals surface area contributed by atoms with Gasteiger partial charge in [0.05, 0.1) is 20.1 Å². The van der Waals surface area contributed by atoms with Gasteiger partial charge in [0.1, 0.15) is 0 Å². The fourth-order valence-electron chi connectivity index (χ4n) is 5.18. The summed E-state index contributed by atoms with van der Waals surface area (Å²) in [6.07, 6.45) is 5.51. The van der Waals surface area contributed by atoms with Crippen LogP contribution in [0.15, 0.2) is 53.4 Å². The molecule has 2 saturated heterocycles. The number of amides is 1. The van der Waals surface area contributed by atoms with Crippen molar-refractivity contribution < 1.29 is 13.2 Å². The highest BCUT2D eigenvalue weighted by atomic mass is 32.2. The lowest BCUT2D eigenvalue weighted by Crippen LogP contribution is -2.43. The minimum Gasteiger partial charge on any atom is -0.339 e. The Morgan fingerprint density at radius 2 is 1.74 bits per heavy atom. The van der Waals surface area contributed by atoms with Gasteiger partial charge in [-0.25, -0.2) is 13.4 Å². The van der Waals surface area contributed by atoms with E-state index in [1.807, 2.05) is 30.0 Å². The average Bonchev–Trinajstić information content (AvgIpc) is 3.33. The van der Waals surface area contributed by atoms with Gasteiger partial charge in [0.25, 0.3) is 5.91 Å². The zero-order valence-electron chi connectivity index (χ0n) is 19.5. The Morgan fingerprint density at radius 3 is 2.44 bits per heavy atom. The molecule has 1 aromatic heterocycles. The highest BCUT2D eigenvalue weighted by molar-refractivity contribution is 7.89. The summed E-state index contributed by atoms with van der Waals surface area (Å²) in [4.78, 5) is 20.1. The first kappa shape index (κ1) is 23.5. The predicted molar refractivity (Wildman–Crippen MR) is 136 cm³/mol. The van der Waals surface area contributed by atoms with E-state index < -0.39 is 10.0 Å². The molecule has 0 N–H and O–H groups in total. The number of sulfonamides is 1. The molecule has 0 aliphatic carbocycles. The van der Waals surface area contributed by atoms with Crippen LogP contribution in [0.3, 0.4) is 0 Å². The summed E-state index contributed by atoms with van der Waals surface area (Å²) in [5.74, 6) is 0.348. The van der Waals surface area contributed by atoms with Crippen LogP contribution in [0.5, 0.6) is 0 Å². The smallest absolute Gasteiger partial charge is 0.253 e. The second kappa shape index (κ2) is 9.76. The lowest BCUT2D eigenvalue weighted by molar-refractivity contribution is 0.0713. The van der Waals surface area contributed by atoms with E-state index in [0.29, 0.717) is 31.1 Å². The SMILES string of the molecule is CCC1CCCCN1S(=O)(=O)c1ccc(C(=O)N2CCC(c3nc4ccccc4s3)CC2)cc1. The fourth-order valence-corrected chi connectivity index (χ4v) is 8.08. The largest absolute Gasteiger partial charge is 0.339 e. The van der Waals surface area contributed by atoms with E-state index in [1.54, 1.807) is 39.9 Å². The fraction of sp³-hybridized carbons (Fsp3) is 0.462. The number of piperidine rings is 2. The van der Waals surface area contributed by atoms with Crippen LogP contribution in [0.4, 0.5) is 0 Å². The number of para-hydroxylation sites is 1. The Balaban J connectivity index is 1.24. The molecular weight excluding hydrogens is 466 g/mol. The molecule has 0 saturated carbocycles. The number of hydrogen-bond acceptors (Lipinski definition) is 5. The summed E-state index contributed by atoms with van der Waals surface area (Å²) in [5.41, 5.74) is 1.59. The van der Waals surface area contributed by atoms with Crippen molar-refractivity contribution in [2.24, 2.45) is 0 Å². The highest BCUT2D eigenvalue weighted by Gasteiger charge is 2.33. The van der Waals surface area contributed by atoms with Crippen LogP contribution < -0.4 is 0 Å². The minimum absolute atomic E-state index is 0.0314. The first-order valence-electron chi connectivity index (χ1n) is 12.2. The molecule has 1 unspecified atom stereocenters. The number of likely N-dealkylation sites (tertiary alicyclic amines) is 1.